The van der Waals surface area contributed by atoms with Gasteiger partial charge in [0.2, 0.25) is 0 Å². The van der Waals surface area contributed by atoms with Gasteiger partial charge in [0.15, 0.2) is 5.65 Å². The molecule has 7 heteroatoms. The summed E-state index contributed by atoms with van der Waals surface area (Å²) in [7, 11) is 1.73. The highest BCUT2D eigenvalue weighted by Gasteiger charge is 2.09. The molecule has 0 saturated carbocycles. The van der Waals surface area contributed by atoms with Gasteiger partial charge in [0, 0.05) is 13.6 Å². The number of hydrogen-bond donors (Lipinski definition) is 1. The Bertz CT molecular complexity index is 641. The summed E-state index contributed by atoms with van der Waals surface area (Å²) < 4.78 is 2.85. The average molecular weight is 262 g/mol. The van der Waals surface area contributed by atoms with Crippen molar-refractivity contribution in [2.75, 3.05) is 13.1 Å². The molecule has 0 amide bonds. The minimum absolute atomic E-state index is 0.185. The van der Waals surface area contributed by atoms with Crippen molar-refractivity contribution in [3.63, 3.8) is 0 Å². The Morgan fingerprint density at radius 2 is 2.32 bits per heavy atom. The number of aryl methyl sites for hydroxylation is 1. The van der Waals surface area contributed by atoms with Crippen LogP contribution >= 0.6 is 0 Å². The summed E-state index contributed by atoms with van der Waals surface area (Å²) in [5.74, 6) is 0. The number of nitrogens with zero attached hydrogens (tertiary/aromatic N) is 5. The smallest absolute Gasteiger partial charge is 0.281 e. The predicted molar refractivity (Wildman–Crippen MR) is 72.9 cm³/mol. The molecule has 2 heterocycles. The molecule has 19 heavy (non-hydrogen) atoms. The lowest BCUT2D eigenvalue weighted by molar-refractivity contribution is 0.572. The molecule has 0 aromatic carbocycles. The first-order chi connectivity index (χ1) is 9.13. The van der Waals surface area contributed by atoms with E-state index in [2.05, 4.69) is 34.2 Å². The van der Waals surface area contributed by atoms with Crippen LogP contribution in [0.5, 0.6) is 0 Å². The van der Waals surface area contributed by atoms with Crippen LogP contribution in [0.15, 0.2) is 23.1 Å². The van der Waals surface area contributed by atoms with Crippen molar-refractivity contribution in [2.24, 2.45) is 7.05 Å². The fraction of sp³-hybridized carbons (Fsp3) is 0.500. The maximum absolute atomic E-state index is 12.2. The van der Waals surface area contributed by atoms with E-state index in [0.717, 1.165) is 18.5 Å². The predicted octanol–water partition coefficient (Wildman–Crippen LogP) is 0.0808. The van der Waals surface area contributed by atoms with Crippen LogP contribution in [-0.2, 0) is 13.6 Å². The third kappa shape index (κ3) is 2.87. The molecule has 0 bridgehead atoms. The molecule has 0 saturated heterocycles. The van der Waals surface area contributed by atoms with Crippen LogP contribution in [0.25, 0.3) is 11.0 Å². The van der Waals surface area contributed by atoms with Gasteiger partial charge in [-0.2, -0.15) is 5.10 Å². The zero-order chi connectivity index (χ0) is 13.8. The maximum Gasteiger partial charge on any atom is 0.281 e. The van der Waals surface area contributed by atoms with Crippen molar-refractivity contribution < 1.29 is 0 Å². The van der Waals surface area contributed by atoms with Crippen molar-refractivity contribution in [2.45, 2.75) is 19.9 Å². The van der Waals surface area contributed by atoms with Crippen molar-refractivity contribution >= 4 is 11.0 Å². The molecule has 0 unspecified atom stereocenters. The van der Waals surface area contributed by atoms with Gasteiger partial charge in [-0.3, -0.25) is 4.79 Å². The third-order valence-corrected chi connectivity index (χ3v) is 2.79. The fourth-order valence-corrected chi connectivity index (χ4v) is 1.79. The Kier molecular flexibility index (Phi) is 4.06. The summed E-state index contributed by atoms with van der Waals surface area (Å²) in [6.45, 7) is 8.01. The van der Waals surface area contributed by atoms with Crippen molar-refractivity contribution in [3.05, 3.63) is 28.7 Å². The summed E-state index contributed by atoms with van der Waals surface area (Å²) in [6.07, 6.45) is 2.58. The van der Waals surface area contributed by atoms with Crippen LogP contribution in [0.1, 0.15) is 13.3 Å². The lowest BCUT2D eigenvalue weighted by Crippen LogP contribution is -2.27. The zero-order valence-electron chi connectivity index (χ0n) is 11.3. The van der Waals surface area contributed by atoms with E-state index in [-0.39, 0.29) is 5.56 Å². The number of fused-ring (bicyclic) bond motifs is 1. The van der Waals surface area contributed by atoms with Crippen LogP contribution in [0.4, 0.5) is 0 Å². The summed E-state index contributed by atoms with van der Waals surface area (Å²) in [6, 6.07) is 0. The van der Waals surface area contributed by atoms with E-state index in [4.69, 9.17) is 0 Å². The second-order valence-electron chi connectivity index (χ2n) is 4.48. The molecule has 102 valence electrons. The van der Waals surface area contributed by atoms with Crippen LogP contribution in [0.3, 0.4) is 0 Å². The highest BCUT2D eigenvalue weighted by Crippen LogP contribution is 2.02. The van der Waals surface area contributed by atoms with Gasteiger partial charge in [0.25, 0.3) is 5.56 Å². The standard InChI is InChI=1S/C12H18N6O/c1-4-5-13-6-9(2)8-18-12(19)10-7-14-17(3)11(10)15-16-18/h7,13H,2,4-6,8H2,1,3H3. The monoisotopic (exact) mass is 262 g/mol. The number of aromatic nitrogens is 5. The largest absolute Gasteiger partial charge is 0.313 e. The Morgan fingerprint density at radius 3 is 3.05 bits per heavy atom. The fourth-order valence-electron chi connectivity index (χ4n) is 1.79. The Labute approximate surface area is 110 Å². The molecule has 2 rings (SSSR count). The van der Waals surface area contributed by atoms with E-state index in [1.165, 1.54) is 15.6 Å². The Balaban J connectivity index is 2.15. The molecule has 0 aliphatic heterocycles. The molecule has 1 N–H and O–H groups in total. The lowest BCUT2D eigenvalue weighted by Gasteiger charge is -2.07. The van der Waals surface area contributed by atoms with E-state index in [1.54, 1.807) is 7.05 Å². The average Bonchev–Trinajstić information content (AvgIpc) is 2.76. The van der Waals surface area contributed by atoms with Gasteiger partial charge < -0.3 is 5.32 Å². The molecule has 7 nitrogen and oxygen atoms in total. The topological polar surface area (TPSA) is 77.6 Å². The normalized spacial score (nSPS) is 11.1. The second-order valence-corrected chi connectivity index (χ2v) is 4.48. The number of nitrogens with one attached hydrogen (secondary N) is 1. The Morgan fingerprint density at radius 1 is 1.53 bits per heavy atom. The molecule has 0 aliphatic carbocycles. The summed E-state index contributed by atoms with van der Waals surface area (Å²) in [5, 5.41) is 15.6. The van der Waals surface area contributed by atoms with Crippen molar-refractivity contribution in [3.8, 4) is 0 Å². The third-order valence-electron chi connectivity index (χ3n) is 2.79. The SMILES string of the molecule is C=C(CNCCC)Cn1nnc2c(cnn2C)c1=O. The Hall–Kier alpha value is -2.02. The van der Waals surface area contributed by atoms with E-state index in [1.807, 2.05) is 0 Å². The zero-order valence-corrected chi connectivity index (χ0v) is 11.3. The summed E-state index contributed by atoms with van der Waals surface area (Å²) in [5.41, 5.74) is 1.21. The number of rotatable bonds is 6. The van der Waals surface area contributed by atoms with Gasteiger partial charge in [-0.05, 0) is 18.5 Å². The second kappa shape index (κ2) is 5.75. The van der Waals surface area contributed by atoms with Gasteiger partial charge in [0.1, 0.15) is 5.39 Å². The molecule has 0 atom stereocenters. The minimum atomic E-state index is -0.185. The lowest BCUT2D eigenvalue weighted by atomic mass is 10.3. The number of hydrogen-bond acceptors (Lipinski definition) is 5. The highest BCUT2D eigenvalue weighted by molar-refractivity contribution is 5.72. The van der Waals surface area contributed by atoms with Gasteiger partial charge in [-0.15, -0.1) is 5.10 Å². The molecular weight excluding hydrogens is 244 g/mol. The van der Waals surface area contributed by atoms with Crippen molar-refractivity contribution in [1.29, 1.82) is 0 Å². The van der Waals surface area contributed by atoms with E-state index >= 15 is 0 Å². The van der Waals surface area contributed by atoms with E-state index in [0.29, 0.717) is 24.1 Å². The van der Waals surface area contributed by atoms with Gasteiger partial charge in [-0.25, -0.2) is 9.36 Å². The summed E-state index contributed by atoms with van der Waals surface area (Å²) >= 11 is 0. The first-order valence-corrected chi connectivity index (χ1v) is 6.26. The molecular formula is C12H18N6O. The van der Waals surface area contributed by atoms with Crippen LogP contribution < -0.4 is 10.9 Å². The van der Waals surface area contributed by atoms with Gasteiger partial charge >= 0.3 is 0 Å². The quantitative estimate of drug-likeness (QED) is 0.589. The first kappa shape index (κ1) is 13.4. The van der Waals surface area contributed by atoms with E-state index in [9.17, 15) is 4.79 Å². The summed E-state index contributed by atoms with van der Waals surface area (Å²) in [4.78, 5) is 12.2. The van der Waals surface area contributed by atoms with Crippen LogP contribution in [0, 0.1) is 0 Å². The van der Waals surface area contributed by atoms with Crippen molar-refractivity contribution in [1.82, 2.24) is 30.1 Å². The first-order valence-electron chi connectivity index (χ1n) is 6.26. The molecule has 0 radical (unpaired) electrons. The van der Waals surface area contributed by atoms with Crippen LogP contribution in [-0.4, -0.2) is 37.9 Å². The van der Waals surface area contributed by atoms with E-state index < -0.39 is 0 Å². The molecule has 0 fully saturated rings. The maximum atomic E-state index is 12.2. The molecule has 2 aromatic heterocycles. The van der Waals surface area contributed by atoms with Crippen LogP contribution in [0.2, 0.25) is 0 Å². The highest BCUT2D eigenvalue weighted by atomic mass is 16.1. The van der Waals surface area contributed by atoms with Gasteiger partial charge in [-0.1, -0.05) is 18.7 Å². The van der Waals surface area contributed by atoms with Gasteiger partial charge in [0.05, 0.1) is 12.7 Å². The minimum Gasteiger partial charge on any atom is -0.313 e. The molecule has 0 aliphatic rings. The molecule has 0 spiro atoms. The molecule has 2 aromatic rings.